The lowest BCUT2D eigenvalue weighted by atomic mass is 10.0. The Labute approximate surface area is 188 Å². The standard InChI is InChI=1S/C27H28N2O3/c1-2-3-16-32-27(31)15-12-20-8-7-9-21(17-20)18-26(30)29-25-14-13-23(19-24(25)28)22-10-5-4-6-11-22/h4-15,17,19H,2-3,16,18,28H2,1H3,(H,29,30). The van der Waals surface area contributed by atoms with Crippen LogP contribution in [0.25, 0.3) is 17.2 Å². The van der Waals surface area contributed by atoms with Crippen molar-refractivity contribution in [1.29, 1.82) is 0 Å². The molecule has 0 aliphatic heterocycles. The second-order valence-corrected chi connectivity index (χ2v) is 7.49. The van der Waals surface area contributed by atoms with Crippen LogP contribution in [0.15, 0.2) is 78.9 Å². The lowest BCUT2D eigenvalue weighted by molar-refractivity contribution is -0.137. The molecule has 0 aliphatic rings. The third-order valence-electron chi connectivity index (χ3n) is 4.90. The first-order chi connectivity index (χ1) is 15.5. The van der Waals surface area contributed by atoms with Gasteiger partial charge in [0.1, 0.15) is 0 Å². The van der Waals surface area contributed by atoms with Crippen LogP contribution in [-0.4, -0.2) is 18.5 Å². The van der Waals surface area contributed by atoms with Gasteiger partial charge in [-0.25, -0.2) is 4.79 Å². The number of unbranched alkanes of at least 4 members (excludes halogenated alkanes) is 1. The van der Waals surface area contributed by atoms with Crippen molar-refractivity contribution in [1.82, 2.24) is 0 Å². The summed E-state index contributed by atoms with van der Waals surface area (Å²) in [6.45, 7) is 2.47. The number of hydrogen-bond donors (Lipinski definition) is 2. The van der Waals surface area contributed by atoms with E-state index in [4.69, 9.17) is 10.5 Å². The molecule has 3 aromatic rings. The SMILES string of the molecule is CCCCOC(=O)C=Cc1cccc(CC(=O)Nc2ccc(-c3ccccc3)cc2N)c1. The first kappa shape index (κ1) is 22.8. The lowest BCUT2D eigenvalue weighted by Gasteiger charge is -2.11. The zero-order valence-electron chi connectivity index (χ0n) is 18.2. The van der Waals surface area contributed by atoms with Crippen LogP contribution >= 0.6 is 0 Å². The first-order valence-corrected chi connectivity index (χ1v) is 10.7. The average molecular weight is 429 g/mol. The van der Waals surface area contributed by atoms with E-state index in [0.717, 1.165) is 35.1 Å². The van der Waals surface area contributed by atoms with E-state index < -0.39 is 0 Å². The van der Waals surface area contributed by atoms with E-state index in [-0.39, 0.29) is 18.3 Å². The van der Waals surface area contributed by atoms with Crippen LogP contribution in [0.5, 0.6) is 0 Å². The van der Waals surface area contributed by atoms with Crippen LogP contribution in [-0.2, 0) is 20.7 Å². The van der Waals surface area contributed by atoms with Crippen molar-refractivity contribution in [3.63, 3.8) is 0 Å². The number of anilines is 2. The smallest absolute Gasteiger partial charge is 0.330 e. The minimum Gasteiger partial charge on any atom is -0.463 e. The minimum atomic E-state index is -0.365. The van der Waals surface area contributed by atoms with Gasteiger partial charge in [0.05, 0.1) is 24.4 Å². The van der Waals surface area contributed by atoms with Gasteiger partial charge >= 0.3 is 5.97 Å². The summed E-state index contributed by atoms with van der Waals surface area (Å²) in [6, 6.07) is 23.0. The molecule has 164 valence electrons. The Kier molecular flexibility index (Phi) is 8.21. The van der Waals surface area contributed by atoms with E-state index in [0.29, 0.717) is 18.0 Å². The van der Waals surface area contributed by atoms with Gasteiger partial charge in [0.15, 0.2) is 0 Å². The van der Waals surface area contributed by atoms with Gasteiger partial charge in [-0.3, -0.25) is 4.79 Å². The summed E-state index contributed by atoms with van der Waals surface area (Å²) in [7, 11) is 0. The Hall–Kier alpha value is -3.86. The number of ether oxygens (including phenoxy) is 1. The third-order valence-corrected chi connectivity index (χ3v) is 4.90. The Morgan fingerprint density at radius 2 is 1.78 bits per heavy atom. The summed E-state index contributed by atoms with van der Waals surface area (Å²) in [5, 5.41) is 2.88. The van der Waals surface area contributed by atoms with E-state index in [1.54, 1.807) is 6.08 Å². The number of amides is 1. The number of rotatable bonds is 9. The maximum Gasteiger partial charge on any atom is 0.330 e. The summed E-state index contributed by atoms with van der Waals surface area (Å²) >= 11 is 0. The summed E-state index contributed by atoms with van der Waals surface area (Å²) in [5.74, 6) is -0.528. The maximum absolute atomic E-state index is 12.6. The van der Waals surface area contributed by atoms with Gasteiger partial charge in [0.25, 0.3) is 0 Å². The fraction of sp³-hybridized carbons (Fsp3) is 0.185. The molecule has 0 saturated carbocycles. The molecule has 1 amide bonds. The maximum atomic E-state index is 12.6. The Morgan fingerprint density at radius 1 is 0.969 bits per heavy atom. The molecule has 0 fully saturated rings. The van der Waals surface area contributed by atoms with E-state index in [1.807, 2.05) is 79.7 Å². The van der Waals surface area contributed by atoms with Crippen molar-refractivity contribution in [2.45, 2.75) is 26.2 Å². The molecule has 0 unspecified atom stereocenters. The van der Waals surface area contributed by atoms with Gasteiger partial charge < -0.3 is 15.8 Å². The molecule has 0 saturated heterocycles. The number of carbonyl (C=O) groups is 2. The van der Waals surface area contributed by atoms with Gasteiger partial charge in [0, 0.05) is 6.08 Å². The lowest BCUT2D eigenvalue weighted by Crippen LogP contribution is -2.15. The highest BCUT2D eigenvalue weighted by molar-refractivity contribution is 5.96. The molecule has 0 bridgehead atoms. The predicted octanol–water partition coefficient (Wildman–Crippen LogP) is 5.47. The van der Waals surface area contributed by atoms with E-state index in [1.165, 1.54) is 6.08 Å². The van der Waals surface area contributed by atoms with Crippen molar-refractivity contribution in [2.75, 3.05) is 17.7 Å². The fourth-order valence-electron chi connectivity index (χ4n) is 3.20. The average Bonchev–Trinajstić information content (AvgIpc) is 2.80. The Bertz CT molecular complexity index is 1090. The highest BCUT2D eigenvalue weighted by Gasteiger charge is 2.08. The number of esters is 1. The van der Waals surface area contributed by atoms with Crippen LogP contribution < -0.4 is 11.1 Å². The zero-order chi connectivity index (χ0) is 22.8. The number of benzene rings is 3. The van der Waals surface area contributed by atoms with Gasteiger partial charge in [0.2, 0.25) is 5.91 Å². The summed E-state index contributed by atoms with van der Waals surface area (Å²) in [4.78, 5) is 24.3. The van der Waals surface area contributed by atoms with Crippen molar-refractivity contribution in [3.8, 4) is 11.1 Å². The summed E-state index contributed by atoms with van der Waals surface area (Å²) < 4.78 is 5.11. The molecule has 3 aromatic carbocycles. The molecule has 0 atom stereocenters. The fourth-order valence-corrected chi connectivity index (χ4v) is 3.20. The van der Waals surface area contributed by atoms with E-state index in [2.05, 4.69) is 5.32 Å². The van der Waals surface area contributed by atoms with Crippen molar-refractivity contribution in [2.24, 2.45) is 0 Å². The van der Waals surface area contributed by atoms with Crippen LogP contribution in [0.2, 0.25) is 0 Å². The number of nitrogens with two attached hydrogens (primary N) is 1. The highest BCUT2D eigenvalue weighted by Crippen LogP contribution is 2.27. The van der Waals surface area contributed by atoms with Crippen molar-refractivity contribution >= 4 is 29.3 Å². The number of carbonyl (C=O) groups excluding carboxylic acids is 2. The molecule has 0 aromatic heterocycles. The molecular weight excluding hydrogens is 400 g/mol. The second-order valence-electron chi connectivity index (χ2n) is 7.49. The van der Waals surface area contributed by atoms with E-state index >= 15 is 0 Å². The number of nitrogen functional groups attached to an aromatic ring is 1. The van der Waals surface area contributed by atoms with E-state index in [9.17, 15) is 9.59 Å². The van der Waals surface area contributed by atoms with Crippen LogP contribution in [0.1, 0.15) is 30.9 Å². The van der Waals surface area contributed by atoms with Crippen LogP contribution in [0.3, 0.4) is 0 Å². The topological polar surface area (TPSA) is 81.4 Å². The molecule has 0 aliphatic carbocycles. The number of hydrogen-bond acceptors (Lipinski definition) is 4. The number of nitrogens with one attached hydrogen (secondary N) is 1. The van der Waals surface area contributed by atoms with Gasteiger partial charge in [-0.1, -0.05) is 74.0 Å². The van der Waals surface area contributed by atoms with Gasteiger partial charge in [-0.2, -0.15) is 0 Å². The molecule has 5 nitrogen and oxygen atoms in total. The zero-order valence-corrected chi connectivity index (χ0v) is 18.2. The minimum absolute atomic E-state index is 0.163. The van der Waals surface area contributed by atoms with Gasteiger partial charge in [-0.15, -0.1) is 0 Å². The second kappa shape index (κ2) is 11.5. The highest BCUT2D eigenvalue weighted by atomic mass is 16.5. The van der Waals surface area contributed by atoms with Crippen molar-refractivity contribution < 1.29 is 14.3 Å². The molecule has 0 radical (unpaired) electrons. The van der Waals surface area contributed by atoms with Crippen LogP contribution in [0, 0.1) is 0 Å². The van der Waals surface area contributed by atoms with Gasteiger partial charge in [-0.05, 0) is 46.9 Å². The Morgan fingerprint density at radius 3 is 2.53 bits per heavy atom. The molecular formula is C27H28N2O3. The quantitative estimate of drug-likeness (QED) is 0.205. The molecule has 0 spiro atoms. The molecule has 0 heterocycles. The first-order valence-electron chi connectivity index (χ1n) is 10.7. The molecule has 5 heteroatoms. The molecule has 3 N–H and O–H groups in total. The third kappa shape index (κ3) is 6.84. The summed E-state index contributed by atoms with van der Waals surface area (Å²) in [6.07, 6.45) is 5.12. The normalized spacial score (nSPS) is 10.8. The Balaban J connectivity index is 1.59. The monoisotopic (exact) mass is 428 g/mol. The van der Waals surface area contributed by atoms with Crippen molar-refractivity contribution in [3.05, 3.63) is 90.0 Å². The summed E-state index contributed by atoms with van der Waals surface area (Å²) in [5.41, 5.74) is 11.0. The largest absolute Gasteiger partial charge is 0.463 e. The molecule has 32 heavy (non-hydrogen) atoms. The molecule has 3 rings (SSSR count). The van der Waals surface area contributed by atoms with Crippen LogP contribution in [0.4, 0.5) is 11.4 Å². The predicted molar refractivity (Wildman–Crippen MR) is 130 cm³/mol.